The Hall–Kier alpha value is -2.24. The van der Waals surface area contributed by atoms with Crippen LogP contribution in [0.4, 0.5) is 0 Å². The first kappa shape index (κ1) is 16.6. The van der Waals surface area contributed by atoms with Gasteiger partial charge in [-0.15, -0.1) is 0 Å². The fourth-order valence-electron chi connectivity index (χ4n) is 2.30. The zero-order chi connectivity index (χ0) is 17.3. The molecule has 0 amide bonds. The van der Waals surface area contributed by atoms with Crippen molar-refractivity contribution < 1.29 is 0 Å². The van der Waals surface area contributed by atoms with Gasteiger partial charge in [0.05, 0.1) is 11.3 Å². The third-order valence-electron chi connectivity index (χ3n) is 3.42. The fraction of sp³-hybridized carbons (Fsp3) is 0.312. The summed E-state index contributed by atoms with van der Waals surface area (Å²) in [6.07, 6.45) is 0.773. The van der Waals surface area contributed by atoms with Crippen molar-refractivity contribution in [1.29, 1.82) is 5.26 Å². The van der Waals surface area contributed by atoms with E-state index in [0.717, 1.165) is 22.7 Å². The van der Waals surface area contributed by atoms with E-state index in [0.29, 0.717) is 27.0 Å². The average molecular weight is 357 g/mol. The van der Waals surface area contributed by atoms with Gasteiger partial charge in [0.15, 0.2) is 0 Å². The van der Waals surface area contributed by atoms with Crippen LogP contribution in [0.1, 0.15) is 34.4 Å². The van der Waals surface area contributed by atoms with E-state index in [9.17, 15) is 10.1 Å². The van der Waals surface area contributed by atoms with E-state index in [1.165, 1.54) is 33.7 Å². The van der Waals surface area contributed by atoms with E-state index in [2.05, 4.69) is 21.1 Å². The summed E-state index contributed by atoms with van der Waals surface area (Å²) in [5.41, 5.74) is 2.84. The number of nitrogens with zero attached hydrogens (tertiary/aromatic N) is 5. The second-order valence-corrected chi connectivity index (χ2v) is 7.30. The van der Waals surface area contributed by atoms with Crippen LogP contribution < -0.4 is 5.56 Å². The van der Waals surface area contributed by atoms with Gasteiger partial charge in [-0.1, -0.05) is 30.0 Å². The number of aryl methyl sites for hydroxylation is 3. The first-order valence-electron chi connectivity index (χ1n) is 7.41. The van der Waals surface area contributed by atoms with Crippen LogP contribution in [-0.4, -0.2) is 19.6 Å². The molecule has 3 aromatic rings. The Morgan fingerprint density at radius 1 is 1.33 bits per heavy atom. The zero-order valence-electron chi connectivity index (χ0n) is 13.5. The first-order valence-corrected chi connectivity index (χ1v) is 9.22. The van der Waals surface area contributed by atoms with E-state index in [-0.39, 0.29) is 5.56 Å². The van der Waals surface area contributed by atoms with Crippen LogP contribution in [0.5, 0.6) is 0 Å². The van der Waals surface area contributed by atoms with E-state index in [1.807, 2.05) is 26.8 Å². The molecular formula is C16H15N5OS2. The van der Waals surface area contributed by atoms with Crippen molar-refractivity contribution in [3.8, 4) is 6.07 Å². The lowest BCUT2D eigenvalue weighted by Gasteiger charge is -2.07. The SMILES string of the molecule is CCc1nn2c(=O)cc(CSc3nc(C)cc(C)c3C#N)nc2s1. The molecule has 0 saturated carbocycles. The Kier molecular flexibility index (Phi) is 4.64. The molecule has 0 saturated heterocycles. The van der Waals surface area contributed by atoms with Crippen molar-refractivity contribution in [3.05, 3.63) is 50.0 Å². The van der Waals surface area contributed by atoms with Gasteiger partial charge in [-0.2, -0.15) is 14.9 Å². The molecule has 6 nitrogen and oxygen atoms in total. The van der Waals surface area contributed by atoms with E-state index in [4.69, 9.17) is 0 Å². The molecule has 0 spiro atoms. The Labute approximate surface area is 147 Å². The lowest BCUT2D eigenvalue weighted by atomic mass is 10.1. The summed E-state index contributed by atoms with van der Waals surface area (Å²) in [4.78, 5) is 21.7. The normalized spacial score (nSPS) is 10.9. The van der Waals surface area contributed by atoms with Crippen LogP contribution in [-0.2, 0) is 12.2 Å². The Bertz CT molecular complexity index is 1020. The number of pyridine rings is 1. The third kappa shape index (κ3) is 3.18. The number of hydrogen-bond acceptors (Lipinski definition) is 7. The summed E-state index contributed by atoms with van der Waals surface area (Å²) >= 11 is 2.85. The molecule has 0 atom stereocenters. The number of hydrogen-bond donors (Lipinski definition) is 0. The zero-order valence-corrected chi connectivity index (χ0v) is 15.2. The topological polar surface area (TPSA) is 83.9 Å². The monoisotopic (exact) mass is 357 g/mol. The number of fused-ring (bicyclic) bond motifs is 1. The molecule has 0 bridgehead atoms. The van der Waals surface area contributed by atoms with Crippen molar-refractivity contribution in [3.63, 3.8) is 0 Å². The number of thioether (sulfide) groups is 1. The fourth-order valence-corrected chi connectivity index (χ4v) is 4.15. The predicted molar refractivity (Wildman–Crippen MR) is 94.5 cm³/mol. The summed E-state index contributed by atoms with van der Waals surface area (Å²) in [7, 11) is 0. The predicted octanol–water partition coefficient (Wildman–Crippen LogP) is 2.89. The molecule has 0 aliphatic rings. The molecule has 3 aromatic heterocycles. The van der Waals surface area contributed by atoms with E-state index < -0.39 is 0 Å². The lowest BCUT2D eigenvalue weighted by Crippen LogP contribution is -2.15. The molecule has 0 N–H and O–H groups in total. The molecule has 3 heterocycles. The largest absolute Gasteiger partial charge is 0.275 e. The maximum atomic E-state index is 12.2. The Balaban J connectivity index is 1.92. The molecule has 0 aromatic carbocycles. The van der Waals surface area contributed by atoms with Crippen LogP contribution in [0.2, 0.25) is 0 Å². The quantitative estimate of drug-likeness (QED) is 0.668. The highest BCUT2D eigenvalue weighted by atomic mass is 32.2. The minimum absolute atomic E-state index is 0.180. The summed E-state index contributed by atoms with van der Waals surface area (Å²) in [6, 6.07) is 5.59. The smallest absolute Gasteiger partial charge is 0.267 e. The molecule has 3 rings (SSSR count). The highest BCUT2D eigenvalue weighted by molar-refractivity contribution is 7.98. The van der Waals surface area contributed by atoms with Gasteiger partial charge < -0.3 is 0 Å². The molecule has 0 fully saturated rings. The van der Waals surface area contributed by atoms with Crippen molar-refractivity contribution in [2.45, 2.75) is 38.0 Å². The Morgan fingerprint density at radius 3 is 2.83 bits per heavy atom. The maximum absolute atomic E-state index is 12.2. The van der Waals surface area contributed by atoms with Gasteiger partial charge in [0.1, 0.15) is 16.1 Å². The van der Waals surface area contributed by atoms with Gasteiger partial charge in [-0.05, 0) is 31.9 Å². The second kappa shape index (κ2) is 6.71. The minimum Gasteiger partial charge on any atom is -0.267 e. The molecule has 0 radical (unpaired) electrons. The molecule has 0 unspecified atom stereocenters. The van der Waals surface area contributed by atoms with Crippen LogP contribution in [0, 0.1) is 25.2 Å². The standard InChI is InChI=1S/C16H15N5OS2/c1-4-13-20-21-14(22)6-11(19-16(21)24-13)8-23-15-12(7-17)9(2)5-10(3)18-15/h5-6H,4,8H2,1-3H3. The highest BCUT2D eigenvalue weighted by Gasteiger charge is 2.12. The van der Waals surface area contributed by atoms with Gasteiger partial charge in [-0.25, -0.2) is 9.97 Å². The molecule has 8 heteroatoms. The minimum atomic E-state index is -0.180. The van der Waals surface area contributed by atoms with E-state index in [1.54, 1.807) is 0 Å². The number of aromatic nitrogens is 4. The van der Waals surface area contributed by atoms with E-state index >= 15 is 0 Å². The van der Waals surface area contributed by atoms with Crippen molar-refractivity contribution in [2.24, 2.45) is 0 Å². The molecule has 0 aliphatic carbocycles. The van der Waals surface area contributed by atoms with Gasteiger partial charge in [0.2, 0.25) is 4.96 Å². The summed E-state index contributed by atoms with van der Waals surface area (Å²) < 4.78 is 1.34. The molecular weight excluding hydrogens is 342 g/mol. The van der Waals surface area contributed by atoms with Crippen molar-refractivity contribution >= 4 is 28.1 Å². The summed E-state index contributed by atoms with van der Waals surface area (Å²) in [5.74, 6) is 0.482. The number of nitriles is 1. The molecule has 24 heavy (non-hydrogen) atoms. The van der Waals surface area contributed by atoms with Gasteiger partial charge in [0, 0.05) is 17.5 Å². The molecule has 122 valence electrons. The maximum Gasteiger partial charge on any atom is 0.275 e. The highest BCUT2D eigenvalue weighted by Crippen LogP contribution is 2.26. The van der Waals surface area contributed by atoms with Crippen LogP contribution in [0.3, 0.4) is 0 Å². The van der Waals surface area contributed by atoms with Crippen LogP contribution in [0.15, 0.2) is 22.0 Å². The average Bonchev–Trinajstić information content (AvgIpc) is 2.96. The van der Waals surface area contributed by atoms with Gasteiger partial charge in [-0.3, -0.25) is 4.79 Å². The van der Waals surface area contributed by atoms with Gasteiger partial charge in [0.25, 0.3) is 5.56 Å². The van der Waals surface area contributed by atoms with Crippen molar-refractivity contribution in [2.75, 3.05) is 0 Å². The summed E-state index contributed by atoms with van der Waals surface area (Å²) in [6.45, 7) is 5.80. The van der Waals surface area contributed by atoms with Crippen LogP contribution in [0.25, 0.3) is 4.96 Å². The first-order chi connectivity index (χ1) is 11.5. The third-order valence-corrected chi connectivity index (χ3v) is 5.48. The second-order valence-electron chi connectivity index (χ2n) is 5.29. The summed E-state index contributed by atoms with van der Waals surface area (Å²) in [5, 5.41) is 15.1. The molecule has 0 aliphatic heterocycles. The van der Waals surface area contributed by atoms with Crippen molar-refractivity contribution in [1.82, 2.24) is 19.6 Å². The Morgan fingerprint density at radius 2 is 2.12 bits per heavy atom. The van der Waals surface area contributed by atoms with Gasteiger partial charge >= 0.3 is 0 Å². The van der Waals surface area contributed by atoms with Crippen LogP contribution >= 0.6 is 23.1 Å². The number of rotatable bonds is 4. The lowest BCUT2D eigenvalue weighted by molar-refractivity contribution is 0.852.